The number of hydrogen-bond acceptors (Lipinski definition) is 6. The lowest BCUT2D eigenvalue weighted by Gasteiger charge is -2.27. The maximum Gasteiger partial charge on any atom is 0.257 e. The molecular weight excluding hydrogens is 422 g/mol. The molecule has 4 aromatic heterocycles. The Morgan fingerprint density at radius 1 is 1.34 bits per heavy atom. The second kappa shape index (κ2) is 7.53. The molecule has 1 saturated carbocycles. The Morgan fingerprint density at radius 3 is 3.06 bits per heavy atom. The zero-order valence-corrected chi connectivity index (χ0v) is 19.0. The number of aromatic nitrogens is 5. The second-order valence-electron chi connectivity index (χ2n) is 8.87. The van der Waals surface area contributed by atoms with Crippen molar-refractivity contribution in [3.63, 3.8) is 0 Å². The first kappa shape index (κ1) is 19.6. The van der Waals surface area contributed by atoms with Crippen molar-refractivity contribution in [2.24, 2.45) is 7.05 Å². The minimum absolute atomic E-state index is 0.0358. The Balaban J connectivity index is 1.16. The van der Waals surface area contributed by atoms with Crippen LogP contribution in [0.1, 0.15) is 56.5 Å². The van der Waals surface area contributed by atoms with Crippen LogP contribution < -0.4 is 5.32 Å². The summed E-state index contributed by atoms with van der Waals surface area (Å²) in [5.74, 6) is 1.30. The summed E-state index contributed by atoms with van der Waals surface area (Å²) >= 11 is 1.68. The number of aryl methyl sites for hydroxylation is 2. The van der Waals surface area contributed by atoms with Crippen LogP contribution in [-0.2, 0) is 26.6 Å². The van der Waals surface area contributed by atoms with Crippen molar-refractivity contribution in [3.8, 4) is 0 Å². The van der Waals surface area contributed by atoms with Gasteiger partial charge in [-0.2, -0.15) is 10.2 Å². The van der Waals surface area contributed by atoms with Crippen LogP contribution in [0.5, 0.6) is 0 Å². The van der Waals surface area contributed by atoms with Crippen molar-refractivity contribution in [2.75, 3.05) is 11.9 Å². The molecule has 6 rings (SSSR count). The van der Waals surface area contributed by atoms with Crippen LogP contribution in [0.25, 0.3) is 11.0 Å². The number of carbonyl (C=O) groups excluding carboxylic acids is 1. The number of aromatic amines is 1. The molecule has 0 saturated heterocycles. The minimum atomic E-state index is -0.0358. The smallest absolute Gasteiger partial charge is 0.257 e. The number of carbonyl (C=O) groups is 1. The largest absolute Gasteiger partial charge is 0.307 e. The summed E-state index contributed by atoms with van der Waals surface area (Å²) in [5, 5.41) is 17.9. The lowest BCUT2D eigenvalue weighted by Crippen LogP contribution is -2.30. The Hall–Kier alpha value is -3.04. The van der Waals surface area contributed by atoms with Crippen molar-refractivity contribution >= 4 is 34.1 Å². The number of thiophene rings is 1. The van der Waals surface area contributed by atoms with Crippen molar-refractivity contribution in [3.05, 3.63) is 56.7 Å². The van der Waals surface area contributed by atoms with Crippen LogP contribution in [0.2, 0.25) is 0 Å². The average Bonchev–Trinajstić information content (AvgIpc) is 3.31. The van der Waals surface area contributed by atoms with Gasteiger partial charge in [0.05, 0.1) is 17.0 Å². The summed E-state index contributed by atoms with van der Waals surface area (Å²) in [5.41, 5.74) is 6.07. The molecule has 1 fully saturated rings. The van der Waals surface area contributed by atoms with E-state index in [0.717, 1.165) is 59.9 Å². The molecule has 9 heteroatoms. The molecule has 1 aliphatic carbocycles. The molecule has 0 radical (unpaired) electrons. The maximum absolute atomic E-state index is 13.0. The molecule has 1 aliphatic heterocycles. The van der Waals surface area contributed by atoms with E-state index in [-0.39, 0.29) is 5.91 Å². The van der Waals surface area contributed by atoms with E-state index in [9.17, 15) is 4.79 Å². The second-order valence-corrected chi connectivity index (χ2v) is 9.83. The molecule has 4 aromatic rings. The SMILES string of the molecule is Cc1n[nH]c2ncc(CN3CCc4c(C(=O)Nc5cc(C6CC6)nn5C)csc4C3)cc12. The third-order valence-electron chi connectivity index (χ3n) is 6.48. The molecule has 0 aromatic carbocycles. The summed E-state index contributed by atoms with van der Waals surface area (Å²) < 4.78 is 1.78. The first-order valence-electron chi connectivity index (χ1n) is 11.0. The summed E-state index contributed by atoms with van der Waals surface area (Å²) in [6.07, 6.45) is 5.20. The number of nitrogens with one attached hydrogen (secondary N) is 2. The van der Waals surface area contributed by atoms with E-state index in [1.165, 1.54) is 28.8 Å². The fourth-order valence-corrected chi connectivity index (χ4v) is 5.61. The normalized spacial score (nSPS) is 16.4. The van der Waals surface area contributed by atoms with Gasteiger partial charge in [0.15, 0.2) is 5.65 Å². The quantitative estimate of drug-likeness (QED) is 0.486. The Morgan fingerprint density at radius 2 is 2.22 bits per heavy atom. The van der Waals surface area contributed by atoms with Crippen molar-refractivity contribution in [1.29, 1.82) is 0 Å². The fourth-order valence-electron chi connectivity index (χ4n) is 4.49. The number of pyridine rings is 1. The van der Waals surface area contributed by atoms with E-state index in [2.05, 4.69) is 36.6 Å². The fraction of sp³-hybridized carbons (Fsp3) is 0.391. The molecule has 2 N–H and O–H groups in total. The first-order chi connectivity index (χ1) is 15.5. The van der Waals surface area contributed by atoms with Crippen molar-refractivity contribution in [2.45, 2.75) is 45.2 Å². The number of anilines is 1. The Bertz CT molecular complexity index is 1330. The van der Waals surface area contributed by atoms with Gasteiger partial charge >= 0.3 is 0 Å². The highest BCUT2D eigenvalue weighted by molar-refractivity contribution is 7.10. The Kier molecular flexibility index (Phi) is 4.62. The molecule has 0 spiro atoms. The van der Waals surface area contributed by atoms with E-state index in [1.807, 2.05) is 31.6 Å². The molecular formula is C23H25N7OS. The zero-order chi connectivity index (χ0) is 21.8. The van der Waals surface area contributed by atoms with Crippen LogP contribution in [0, 0.1) is 6.92 Å². The molecule has 32 heavy (non-hydrogen) atoms. The molecule has 0 unspecified atom stereocenters. The number of hydrogen-bond donors (Lipinski definition) is 2. The molecule has 5 heterocycles. The van der Waals surface area contributed by atoms with E-state index in [4.69, 9.17) is 0 Å². The van der Waals surface area contributed by atoms with Gasteiger partial charge in [-0.25, -0.2) is 4.98 Å². The van der Waals surface area contributed by atoms with Crippen LogP contribution >= 0.6 is 11.3 Å². The lowest BCUT2D eigenvalue weighted by atomic mass is 10.0. The third kappa shape index (κ3) is 3.51. The van der Waals surface area contributed by atoms with Crippen LogP contribution in [0.3, 0.4) is 0 Å². The van der Waals surface area contributed by atoms with Gasteiger partial charge in [0.1, 0.15) is 5.82 Å². The lowest BCUT2D eigenvalue weighted by molar-refractivity contribution is 0.102. The highest BCUT2D eigenvalue weighted by atomic mass is 32.1. The maximum atomic E-state index is 13.0. The van der Waals surface area contributed by atoms with Gasteiger partial charge in [0.2, 0.25) is 0 Å². The number of amides is 1. The summed E-state index contributed by atoms with van der Waals surface area (Å²) in [7, 11) is 1.89. The predicted octanol–water partition coefficient (Wildman–Crippen LogP) is 3.75. The van der Waals surface area contributed by atoms with Crippen LogP contribution in [0.4, 0.5) is 5.82 Å². The van der Waals surface area contributed by atoms with Crippen molar-refractivity contribution < 1.29 is 4.79 Å². The topological polar surface area (TPSA) is 91.7 Å². The van der Waals surface area contributed by atoms with Gasteiger partial charge in [-0.1, -0.05) is 0 Å². The van der Waals surface area contributed by atoms with Gasteiger partial charge in [0.25, 0.3) is 5.91 Å². The van der Waals surface area contributed by atoms with Gasteiger partial charge < -0.3 is 5.32 Å². The van der Waals surface area contributed by atoms with Gasteiger partial charge in [-0.3, -0.25) is 19.5 Å². The van der Waals surface area contributed by atoms with E-state index in [0.29, 0.717) is 5.92 Å². The molecule has 0 atom stereocenters. The predicted molar refractivity (Wildman–Crippen MR) is 124 cm³/mol. The number of rotatable bonds is 5. The van der Waals surface area contributed by atoms with Gasteiger partial charge in [-0.15, -0.1) is 11.3 Å². The standard InChI is InChI=1S/C23H25N7OS/c1-13-17-7-14(9-24-22(17)27-26-13)10-30-6-5-16-18(12-32-20(16)11-30)23(31)25-21-8-19(15-3-4-15)28-29(21)2/h7-9,12,15H,3-6,10-11H2,1-2H3,(H,25,31)(H,24,26,27). The number of nitrogens with zero attached hydrogens (tertiary/aromatic N) is 5. The first-order valence-corrected chi connectivity index (χ1v) is 11.9. The van der Waals surface area contributed by atoms with E-state index in [1.54, 1.807) is 16.0 Å². The summed E-state index contributed by atoms with van der Waals surface area (Å²) in [4.78, 5) is 21.2. The Labute approximate surface area is 189 Å². The molecule has 8 nitrogen and oxygen atoms in total. The number of H-pyrrole nitrogens is 1. The highest BCUT2D eigenvalue weighted by Gasteiger charge is 2.28. The van der Waals surface area contributed by atoms with Crippen molar-refractivity contribution in [1.82, 2.24) is 29.9 Å². The summed E-state index contributed by atoms with van der Waals surface area (Å²) in [6, 6.07) is 4.19. The third-order valence-corrected chi connectivity index (χ3v) is 7.49. The zero-order valence-electron chi connectivity index (χ0n) is 18.2. The molecule has 164 valence electrons. The van der Waals surface area contributed by atoms with Crippen LogP contribution in [-0.4, -0.2) is 42.3 Å². The highest BCUT2D eigenvalue weighted by Crippen LogP contribution is 2.40. The molecule has 1 amide bonds. The molecule has 0 bridgehead atoms. The average molecular weight is 448 g/mol. The number of fused-ring (bicyclic) bond motifs is 2. The van der Waals surface area contributed by atoms with E-state index < -0.39 is 0 Å². The molecule has 2 aliphatic rings. The summed E-state index contributed by atoms with van der Waals surface area (Å²) in [6.45, 7) is 4.61. The van der Waals surface area contributed by atoms with Crippen LogP contribution in [0.15, 0.2) is 23.7 Å². The monoisotopic (exact) mass is 447 g/mol. The minimum Gasteiger partial charge on any atom is -0.307 e. The van der Waals surface area contributed by atoms with Gasteiger partial charge in [-0.05, 0) is 43.4 Å². The van der Waals surface area contributed by atoms with Gasteiger partial charge in [0, 0.05) is 60.5 Å². The van der Waals surface area contributed by atoms with E-state index >= 15 is 0 Å².